The molecule has 1 saturated carbocycles. The van der Waals surface area contributed by atoms with Gasteiger partial charge in [-0.15, -0.1) is 0 Å². The molecule has 3 rings (SSSR count). The number of piperazine rings is 1. The molecule has 0 aromatic heterocycles. The third-order valence-electron chi connectivity index (χ3n) is 4.12. The maximum absolute atomic E-state index is 13.6. The Morgan fingerprint density at radius 2 is 2.05 bits per heavy atom. The molecule has 0 spiro atoms. The van der Waals surface area contributed by atoms with Crippen LogP contribution in [0.25, 0.3) is 0 Å². The fourth-order valence-electron chi connectivity index (χ4n) is 3.06. The molecule has 1 aliphatic heterocycles. The Labute approximate surface area is 113 Å². The second-order valence-corrected chi connectivity index (χ2v) is 5.45. The number of benzene rings is 1. The van der Waals surface area contributed by atoms with Crippen molar-refractivity contribution in [2.24, 2.45) is 5.92 Å². The summed E-state index contributed by atoms with van der Waals surface area (Å²) in [6.07, 6.45) is 2.49. The average molecular weight is 264 g/mol. The monoisotopic (exact) mass is 264 g/mol. The number of nitrogens with one attached hydrogen (secondary N) is 1. The van der Waals surface area contributed by atoms with Crippen LogP contribution in [0, 0.1) is 11.7 Å². The maximum Gasteiger partial charge on any atom is 0.123 e. The van der Waals surface area contributed by atoms with Gasteiger partial charge in [0.25, 0.3) is 0 Å². The SMILES string of the molecule is COc1ccc(F)cc1[C@@H](C1CC1)N1CCNCC1. The molecule has 4 heteroatoms. The summed E-state index contributed by atoms with van der Waals surface area (Å²) in [7, 11) is 1.67. The molecule has 1 aromatic rings. The number of nitrogens with zero attached hydrogens (tertiary/aromatic N) is 1. The van der Waals surface area contributed by atoms with Crippen LogP contribution in [-0.4, -0.2) is 38.2 Å². The summed E-state index contributed by atoms with van der Waals surface area (Å²) in [6.45, 7) is 4.09. The van der Waals surface area contributed by atoms with Crippen LogP contribution in [0.15, 0.2) is 18.2 Å². The third-order valence-corrected chi connectivity index (χ3v) is 4.12. The smallest absolute Gasteiger partial charge is 0.123 e. The molecule has 1 aromatic carbocycles. The largest absolute Gasteiger partial charge is 0.496 e. The van der Waals surface area contributed by atoms with Crippen LogP contribution in [0.3, 0.4) is 0 Å². The summed E-state index contributed by atoms with van der Waals surface area (Å²) in [4.78, 5) is 2.48. The highest BCUT2D eigenvalue weighted by Gasteiger charge is 2.38. The summed E-state index contributed by atoms with van der Waals surface area (Å²) < 4.78 is 19.0. The Kier molecular flexibility index (Phi) is 3.71. The van der Waals surface area contributed by atoms with Crippen molar-refractivity contribution in [2.75, 3.05) is 33.3 Å². The van der Waals surface area contributed by atoms with Crippen molar-refractivity contribution in [2.45, 2.75) is 18.9 Å². The lowest BCUT2D eigenvalue weighted by Crippen LogP contribution is -2.45. The topological polar surface area (TPSA) is 24.5 Å². The molecule has 104 valence electrons. The van der Waals surface area contributed by atoms with E-state index >= 15 is 0 Å². The second kappa shape index (κ2) is 5.47. The van der Waals surface area contributed by atoms with Crippen LogP contribution in [-0.2, 0) is 0 Å². The zero-order valence-electron chi connectivity index (χ0n) is 11.4. The molecule has 2 aliphatic rings. The number of rotatable bonds is 4. The highest BCUT2D eigenvalue weighted by Crippen LogP contribution is 2.47. The van der Waals surface area contributed by atoms with Gasteiger partial charge in [0, 0.05) is 37.8 Å². The standard InChI is InChI=1S/C15H21FN2O/c1-19-14-5-4-12(16)10-13(14)15(11-2-3-11)18-8-6-17-7-9-18/h4-5,10-11,15,17H,2-3,6-9H2,1H3/t15-/m1/s1. The van der Waals surface area contributed by atoms with E-state index in [9.17, 15) is 4.39 Å². The van der Waals surface area contributed by atoms with Gasteiger partial charge in [0.2, 0.25) is 0 Å². The maximum atomic E-state index is 13.6. The molecule has 0 bridgehead atoms. The lowest BCUT2D eigenvalue weighted by atomic mass is 9.98. The minimum atomic E-state index is -0.170. The molecule has 2 fully saturated rings. The highest BCUT2D eigenvalue weighted by atomic mass is 19.1. The fraction of sp³-hybridized carbons (Fsp3) is 0.600. The number of ether oxygens (including phenoxy) is 1. The number of halogens is 1. The predicted molar refractivity (Wildman–Crippen MR) is 72.9 cm³/mol. The average Bonchev–Trinajstić information content (AvgIpc) is 3.25. The second-order valence-electron chi connectivity index (χ2n) is 5.45. The highest BCUT2D eigenvalue weighted by molar-refractivity contribution is 5.37. The van der Waals surface area contributed by atoms with Gasteiger partial charge >= 0.3 is 0 Å². The molecule has 1 N–H and O–H groups in total. The molecular formula is C15H21FN2O. The Morgan fingerprint density at radius 3 is 2.68 bits per heavy atom. The van der Waals surface area contributed by atoms with E-state index in [4.69, 9.17) is 4.74 Å². The van der Waals surface area contributed by atoms with Gasteiger partial charge in [-0.2, -0.15) is 0 Å². The lowest BCUT2D eigenvalue weighted by molar-refractivity contribution is 0.153. The number of hydrogen-bond acceptors (Lipinski definition) is 3. The normalized spacial score (nSPS) is 22.2. The molecule has 1 atom stereocenters. The van der Waals surface area contributed by atoms with Crippen LogP contribution in [0.1, 0.15) is 24.4 Å². The van der Waals surface area contributed by atoms with E-state index in [-0.39, 0.29) is 5.82 Å². The molecule has 0 unspecified atom stereocenters. The van der Waals surface area contributed by atoms with Gasteiger partial charge in [-0.25, -0.2) is 4.39 Å². The Bertz CT molecular complexity index is 442. The Balaban J connectivity index is 1.92. The zero-order chi connectivity index (χ0) is 13.2. The summed E-state index contributed by atoms with van der Waals surface area (Å²) in [6, 6.07) is 5.20. The van der Waals surface area contributed by atoms with Gasteiger partial charge in [0.05, 0.1) is 7.11 Å². The first-order chi connectivity index (χ1) is 9.29. The van der Waals surface area contributed by atoms with Gasteiger partial charge in [-0.05, 0) is 37.0 Å². The molecule has 3 nitrogen and oxygen atoms in total. The van der Waals surface area contributed by atoms with Crippen LogP contribution >= 0.6 is 0 Å². The summed E-state index contributed by atoms with van der Waals surface area (Å²) in [5.41, 5.74) is 1.02. The summed E-state index contributed by atoms with van der Waals surface area (Å²) in [5, 5.41) is 3.37. The molecular weight excluding hydrogens is 243 g/mol. The lowest BCUT2D eigenvalue weighted by Gasteiger charge is -2.36. The Hall–Kier alpha value is -1.13. The Morgan fingerprint density at radius 1 is 1.32 bits per heavy atom. The molecule has 1 saturated heterocycles. The molecule has 1 aliphatic carbocycles. The predicted octanol–water partition coefficient (Wildman–Crippen LogP) is 2.19. The number of hydrogen-bond donors (Lipinski definition) is 1. The van der Waals surface area contributed by atoms with Crippen molar-refractivity contribution in [3.05, 3.63) is 29.6 Å². The first kappa shape index (κ1) is 12.9. The van der Waals surface area contributed by atoms with E-state index in [0.29, 0.717) is 12.0 Å². The summed E-state index contributed by atoms with van der Waals surface area (Å²) >= 11 is 0. The molecule has 0 radical (unpaired) electrons. The van der Waals surface area contributed by atoms with Crippen molar-refractivity contribution in [3.8, 4) is 5.75 Å². The van der Waals surface area contributed by atoms with E-state index in [1.54, 1.807) is 19.2 Å². The van der Waals surface area contributed by atoms with E-state index < -0.39 is 0 Å². The van der Waals surface area contributed by atoms with Crippen molar-refractivity contribution >= 4 is 0 Å². The van der Waals surface area contributed by atoms with Gasteiger partial charge in [0.15, 0.2) is 0 Å². The van der Waals surface area contributed by atoms with Crippen molar-refractivity contribution in [1.82, 2.24) is 10.2 Å². The third kappa shape index (κ3) is 2.74. The van der Waals surface area contributed by atoms with Gasteiger partial charge in [-0.1, -0.05) is 0 Å². The molecule has 0 amide bonds. The minimum absolute atomic E-state index is 0.170. The van der Waals surface area contributed by atoms with Gasteiger partial charge in [0.1, 0.15) is 11.6 Å². The van der Waals surface area contributed by atoms with Gasteiger partial charge in [-0.3, -0.25) is 4.90 Å². The van der Waals surface area contributed by atoms with Crippen molar-refractivity contribution < 1.29 is 9.13 Å². The van der Waals surface area contributed by atoms with Crippen LogP contribution in [0.2, 0.25) is 0 Å². The van der Waals surface area contributed by atoms with Crippen LogP contribution < -0.4 is 10.1 Å². The van der Waals surface area contributed by atoms with Gasteiger partial charge < -0.3 is 10.1 Å². The fourth-order valence-corrected chi connectivity index (χ4v) is 3.06. The minimum Gasteiger partial charge on any atom is -0.496 e. The molecule has 1 heterocycles. The van der Waals surface area contributed by atoms with Crippen LogP contribution in [0.5, 0.6) is 5.75 Å². The van der Waals surface area contributed by atoms with Crippen LogP contribution in [0.4, 0.5) is 4.39 Å². The van der Waals surface area contributed by atoms with E-state index in [1.807, 2.05) is 0 Å². The van der Waals surface area contributed by atoms with Crippen molar-refractivity contribution in [3.63, 3.8) is 0 Å². The first-order valence-electron chi connectivity index (χ1n) is 7.08. The van der Waals surface area contributed by atoms with Crippen molar-refractivity contribution in [1.29, 1.82) is 0 Å². The van der Waals surface area contributed by atoms with E-state index in [2.05, 4.69) is 10.2 Å². The van der Waals surface area contributed by atoms with E-state index in [1.165, 1.54) is 18.9 Å². The quantitative estimate of drug-likeness (QED) is 0.902. The number of methoxy groups -OCH3 is 1. The molecule has 19 heavy (non-hydrogen) atoms. The summed E-state index contributed by atoms with van der Waals surface area (Å²) in [5.74, 6) is 1.31. The first-order valence-corrected chi connectivity index (χ1v) is 7.08. The van der Waals surface area contributed by atoms with E-state index in [0.717, 1.165) is 37.5 Å². The zero-order valence-corrected chi connectivity index (χ0v) is 11.4.